The lowest BCUT2D eigenvalue weighted by molar-refractivity contribution is -0.120. The van der Waals surface area contributed by atoms with Crippen LogP contribution in [0, 0.1) is 5.92 Å². The van der Waals surface area contributed by atoms with Crippen molar-refractivity contribution in [3.63, 3.8) is 0 Å². The lowest BCUT2D eigenvalue weighted by Crippen LogP contribution is -2.48. The fourth-order valence-electron chi connectivity index (χ4n) is 5.61. The Hall–Kier alpha value is -3.68. The molecule has 34 heavy (non-hydrogen) atoms. The van der Waals surface area contributed by atoms with Gasteiger partial charge in [0.2, 0.25) is 5.91 Å². The molecule has 0 aromatic heterocycles. The van der Waals surface area contributed by atoms with Gasteiger partial charge in [-0.05, 0) is 55.5 Å². The molecule has 2 aromatic carbocycles. The van der Waals surface area contributed by atoms with E-state index >= 15 is 0 Å². The van der Waals surface area contributed by atoms with Gasteiger partial charge in [0, 0.05) is 18.8 Å². The van der Waals surface area contributed by atoms with E-state index in [1.165, 1.54) is 20.2 Å². The van der Waals surface area contributed by atoms with Crippen molar-refractivity contribution in [1.82, 2.24) is 9.80 Å². The molecule has 1 saturated heterocycles. The van der Waals surface area contributed by atoms with Crippen LogP contribution in [0.25, 0.3) is 0 Å². The third-order valence-electron chi connectivity index (χ3n) is 7.32. The lowest BCUT2D eigenvalue weighted by Gasteiger charge is -2.34. The zero-order valence-corrected chi connectivity index (χ0v) is 19.2. The van der Waals surface area contributed by atoms with E-state index in [-0.39, 0.29) is 35.2 Å². The SMILES string of the molecule is COc1ccccc1C(=O)N1C(C(=O)Nc2ccc3c(c2)C(=O)N(C)C3=O)CC2CCCCC21. The minimum absolute atomic E-state index is 0.00906. The van der Waals surface area contributed by atoms with E-state index in [1.807, 2.05) is 6.07 Å². The van der Waals surface area contributed by atoms with Crippen LogP contribution in [0.1, 0.15) is 63.2 Å². The molecule has 2 fully saturated rings. The second-order valence-electron chi connectivity index (χ2n) is 9.20. The Morgan fingerprint density at radius 3 is 2.53 bits per heavy atom. The number of fused-ring (bicyclic) bond motifs is 2. The van der Waals surface area contributed by atoms with Crippen molar-refractivity contribution in [2.75, 3.05) is 19.5 Å². The molecule has 4 amide bonds. The Balaban J connectivity index is 1.43. The second-order valence-corrected chi connectivity index (χ2v) is 9.20. The number of methoxy groups -OCH3 is 1. The van der Waals surface area contributed by atoms with Crippen LogP contribution in [0.3, 0.4) is 0 Å². The molecule has 5 rings (SSSR count). The standard InChI is InChI=1S/C26H27N3O5/c1-28-24(31)17-12-11-16(14-19(17)25(28)32)27-23(30)21-13-15-7-3-5-9-20(15)29(21)26(33)18-8-4-6-10-22(18)34-2/h4,6,8,10-12,14-15,20-21H,3,5,7,9,13H2,1-2H3,(H,27,30). The fraction of sp³-hybridized carbons (Fsp3) is 0.385. The number of nitrogens with zero attached hydrogens (tertiary/aromatic N) is 2. The van der Waals surface area contributed by atoms with Gasteiger partial charge in [0.25, 0.3) is 17.7 Å². The Morgan fingerprint density at radius 1 is 1.00 bits per heavy atom. The number of imide groups is 1. The summed E-state index contributed by atoms with van der Waals surface area (Å²) in [5.74, 6) is -0.485. The fourth-order valence-corrected chi connectivity index (χ4v) is 5.61. The van der Waals surface area contributed by atoms with Crippen LogP contribution >= 0.6 is 0 Å². The Bertz CT molecular complexity index is 1190. The van der Waals surface area contributed by atoms with Gasteiger partial charge in [-0.3, -0.25) is 24.1 Å². The van der Waals surface area contributed by atoms with Crippen LogP contribution in [0.4, 0.5) is 5.69 Å². The van der Waals surface area contributed by atoms with Gasteiger partial charge in [-0.1, -0.05) is 25.0 Å². The smallest absolute Gasteiger partial charge is 0.261 e. The van der Waals surface area contributed by atoms with E-state index in [9.17, 15) is 19.2 Å². The van der Waals surface area contributed by atoms with Crippen LogP contribution in [0.15, 0.2) is 42.5 Å². The highest BCUT2D eigenvalue weighted by Gasteiger charge is 2.48. The van der Waals surface area contributed by atoms with Crippen molar-refractivity contribution in [3.05, 3.63) is 59.2 Å². The number of hydrogen-bond acceptors (Lipinski definition) is 5. The van der Waals surface area contributed by atoms with Crippen molar-refractivity contribution < 1.29 is 23.9 Å². The molecule has 1 aliphatic carbocycles. The first-order valence-corrected chi connectivity index (χ1v) is 11.6. The highest BCUT2D eigenvalue weighted by Crippen LogP contribution is 2.41. The van der Waals surface area contributed by atoms with Crippen molar-refractivity contribution in [3.8, 4) is 5.75 Å². The van der Waals surface area contributed by atoms with E-state index in [1.54, 1.807) is 35.2 Å². The number of benzene rings is 2. The van der Waals surface area contributed by atoms with Crippen LogP contribution in [0.2, 0.25) is 0 Å². The number of hydrogen-bond donors (Lipinski definition) is 1. The average molecular weight is 462 g/mol. The largest absolute Gasteiger partial charge is 0.496 e. The number of amides is 4. The first-order valence-electron chi connectivity index (χ1n) is 11.6. The van der Waals surface area contributed by atoms with Gasteiger partial charge < -0.3 is 15.0 Å². The summed E-state index contributed by atoms with van der Waals surface area (Å²) in [5.41, 5.74) is 1.47. The number of carbonyl (C=O) groups is 4. The number of nitrogens with one attached hydrogen (secondary N) is 1. The normalized spacial score (nSPS) is 23.5. The predicted octanol–water partition coefficient (Wildman–Crippen LogP) is 3.33. The number of rotatable bonds is 4. The average Bonchev–Trinajstić information content (AvgIpc) is 3.35. The van der Waals surface area contributed by atoms with Gasteiger partial charge in [0.15, 0.2) is 0 Å². The molecule has 3 unspecified atom stereocenters. The van der Waals surface area contributed by atoms with Crippen LogP contribution in [0.5, 0.6) is 5.75 Å². The maximum atomic E-state index is 13.7. The molecule has 8 heteroatoms. The molecule has 1 N–H and O–H groups in total. The number of likely N-dealkylation sites (tertiary alicyclic amines) is 1. The van der Waals surface area contributed by atoms with Crippen molar-refractivity contribution >= 4 is 29.3 Å². The third kappa shape index (κ3) is 3.54. The molecule has 2 heterocycles. The van der Waals surface area contributed by atoms with Gasteiger partial charge in [0.05, 0.1) is 23.8 Å². The maximum absolute atomic E-state index is 13.7. The zero-order valence-electron chi connectivity index (χ0n) is 19.2. The summed E-state index contributed by atoms with van der Waals surface area (Å²) in [5, 5.41) is 2.89. The number of carbonyl (C=O) groups excluding carboxylic acids is 4. The quantitative estimate of drug-likeness (QED) is 0.705. The van der Waals surface area contributed by atoms with Crippen LogP contribution in [-0.2, 0) is 4.79 Å². The first kappa shape index (κ1) is 22.1. The van der Waals surface area contributed by atoms with Crippen LogP contribution in [-0.4, -0.2) is 59.7 Å². The minimum atomic E-state index is -0.626. The maximum Gasteiger partial charge on any atom is 0.261 e. The van der Waals surface area contributed by atoms with E-state index < -0.39 is 11.9 Å². The van der Waals surface area contributed by atoms with Crippen molar-refractivity contribution in [2.45, 2.75) is 44.2 Å². The van der Waals surface area contributed by atoms with Crippen LogP contribution < -0.4 is 10.1 Å². The summed E-state index contributed by atoms with van der Waals surface area (Å²) >= 11 is 0. The zero-order chi connectivity index (χ0) is 24.0. The summed E-state index contributed by atoms with van der Waals surface area (Å²) in [6.07, 6.45) is 4.59. The predicted molar refractivity (Wildman–Crippen MR) is 125 cm³/mol. The van der Waals surface area contributed by atoms with Gasteiger partial charge in [-0.15, -0.1) is 0 Å². The topological polar surface area (TPSA) is 96.0 Å². The Labute approximate surface area is 197 Å². The lowest BCUT2D eigenvalue weighted by atomic mass is 9.84. The molecular formula is C26H27N3O5. The Morgan fingerprint density at radius 2 is 1.74 bits per heavy atom. The minimum Gasteiger partial charge on any atom is -0.496 e. The monoisotopic (exact) mass is 461 g/mol. The number of ether oxygens (including phenoxy) is 1. The summed E-state index contributed by atoms with van der Waals surface area (Å²) in [6, 6.07) is 11.2. The number of para-hydroxylation sites is 1. The molecular weight excluding hydrogens is 434 g/mol. The van der Waals surface area contributed by atoms with Gasteiger partial charge in [-0.25, -0.2) is 0 Å². The first-order chi connectivity index (χ1) is 16.4. The third-order valence-corrected chi connectivity index (χ3v) is 7.32. The van der Waals surface area contributed by atoms with Crippen molar-refractivity contribution in [2.24, 2.45) is 5.92 Å². The Kier molecular flexibility index (Phi) is 5.59. The molecule has 1 saturated carbocycles. The summed E-state index contributed by atoms with van der Waals surface area (Å²) in [7, 11) is 2.96. The van der Waals surface area contributed by atoms with Crippen molar-refractivity contribution in [1.29, 1.82) is 0 Å². The van der Waals surface area contributed by atoms with E-state index in [0.29, 0.717) is 29.0 Å². The highest BCUT2D eigenvalue weighted by atomic mass is 16.5. The summed E-state index contributed by atoms with van der Waals surface area (Å²) in [4.78, 5) is 54.5. The van der Waals surface area contributed by atoms with E-state index in [4.69, 9.17) is 4.74 Å². The molecule has 0 radical (unpaired) electrons. The molecule has 0 bridgehead atoms. The molecule has 3 aliphatic rings. The molecule has 2 aromatic rings. The molecule has 3 atom stereocenters. The summed E-state index contributed by atoms with van der Waals surface area (Å²) in [6.45, 7) is 0. The second kappa shape index (κ2) is 8.59. The van der Waals surface area contributed by atoms with Gasteiger partial charge in [0.1, 0.15) is 11.8 Å². The molecule has 2 aliphatic heterocycles. The van der Waals surface area contributed by atoms with Gasteiger partial charge in [-0.2, -0.15) is 0 Å². The number of anilines is 1. The van der Waals surface area contributed by atoms with E-state index in [0.717, 1.165) is 30.6 Å². The summed E-state index contributed by atoms with van der Waals surface area (Å²) < 4.78 is 5.41. The van der Waals surface area contributed by atoms with Gasteiger partial charge >= 0.3 is 0 Å². The van der Waals surface area contributed by atoms with E-state index in [2.05, 4.69) is 5.32 Å². The molecule has 0 spiro atoms. The highest BCUT2D eigenvalue weighted by molar-refractivity contribution is 6.21. The molecule has 176 valence electrons. The molecule has 8 nitrogen and oxygen atoms in total.